The fraction of sp³-hybridized carbons (Fsp3) is 0.481. The number of carbonyl (C=O) groups excluding carboxylic acids is 2. The van der Waals surface area contributed by atoms with Crippen molar-refractivity contribution < 1.29 is 14.1 Å². The minimum absolute atomic E-state index is 0.0311. The third-order valence-corrected chi connectivity index (χ3v) is 6.70. The summed E-state index contributed by atoms with van der Waals surface area (Å²) in [7, 11) is 2.09. The molecule has 2 aliphatic rings. The maximum Gasteiger partial charge on any atom is 0.319 e. The van der Waals surface area contributed by atoms with Crippen molar-refractivity contribution in [3.05, 3.63) is 48.4 Å². The summed E-state index contributed by atoms with van der Waals surface area (Å²) in [5.74, 6) is 1.66. The second-order valence-corrected chi connectivity index (χ2v) is 9.56. The van der Waals surface area contributed by atoms with Gasteiger partial charge in [0.1, 0.15) is 17.5 Å². The Bertz CT molecular complexity index is 1070. The largest absolute Gasteiger partial charge is 0.352 e. The number of piperidine rings is 1. The van der Waals surface area contributed by atoms with E-state index in [0.29, 0.717) is 18.0 Å². The van der Waals surface area contributed by atoms with E-state index in [2.05, 4.69) is 32.7 Å². The van der Waals surface area contributed by atoms with Gasteiger partial charge in [-0.1, -0.05) is 48.3 Å². The molecule has 1 aromatic heterocycles. The zero-order valence-corrected chi connectivity index (χ0v) is 20.6. The van der Waals surface area contributed by atoms with Crippen molar-refractivity contribution in [1.82, 2.24) is 25.7 Å². The number of amides is 1. The quantitative estimate of drug-likeness (QED) is 0.482. The average molecular weight is 478 g/mol. The first-order valence-electron chi connectivity index (χ1n) is 12.6. The van der Waals surface area contributed by atoms with Gasteiger partial charge >= 0.3 is 5.84 Å². The lowest BCUT2D eigenvalue weighted by atomic mass is 9.95. The summed E-state index contributed by atoms with van der Waals surface area (Å²) in [4.78, 5) is 31.2. The van der Waals surface area contributed by atoms with Gasteiger partial charge in [-0.25, -0.2) is 5.32 Å². The van der Waals surface area contributed by atoms with Gasteiger partial charge in [0.15, 0.2) is 6.20 Å². The number of nitrogens with zero attached hydrogens (tertiary/aromatic N) is 3. The van der Waals surface area contributed by atoms with E-state index in [1.807, 2.05) is 36.4 Å². The smallest absolute Gasteiger partial charge is 0.319 e. The molecule has 185 valence electrons. The van der Waals surface area contributed by atoms with Gasteiger partial charge in [0, 0.05) is 24.0 Å². The summed E-state index contributed by atoms with van der Waals surface area (Å²) >= 11 is 0. The normalized spacial score (nSPS) is 17.4. The molecule has 8 heteroatoms. The van der Waals surface area contributed by atoms with Crippen molar-refractivity contribution in [2.45, 2.75) is 57.9 Å². The zero-order valence-electron chi connectivity index (χ0n) is 20.6. The molecule has 1 fully saturated rings. The van der Waals surface area contributed by atoms with Gasteiger partial charge < -0.3 is 19.5 Å². The monoisotopic (exact) mass is 477 g/mol. The lowest BCUT2D eigenvalue weighted by Crippen LogP contribution is -2.49. The lowest BCUT2D eigenvalue weighted by Gasteiger charge is -2.29. The van der Waals surface area contributed by atoms with Crippen LogP contribution < -0.4 is 15.6 Å². The fourth-order valence-electron chi connectivity index (χ4n) is 4.52. The lowest BCUT2D eigenvalue weighted by molar-refractivity contribution is -0.126. The number of hydrogen-bond donors (Lipinski definition) is 2. The van der Waals surface area contributed by atoms with Crippen molar-refractivity contribution in [3.8, 4) is 11.3 Å². The van der Waals surface area contributed by atoms with E-state index < -0.39 is 0 Å². The molecular weight excluding hydrogens is 442 g/mol. The molecule has 0 unspecified atom stereocenters. The number of nitrogens with one attached hydrogen (secondary N) is 2. The van der Waals surface area contributed by atoms with Gasteiger partial charge in [0.05, 0.1) is 0 Å². The molecule has 2 aliphatic heterocycles. The molecule has 35 heavy (non-hydrogen) atoms. The van der Waals surface area contributed by atoms with E-state index in [0.717, 1.165) is 68.6 Å². The van der Waals surface area contributed by atoms with Crippen LogP contribution in [-0.4, -0.2) is 53.8 Å². The van der Waals surface area contributed by atoms with Crippen LogP contribution in [0.3, 0.4) is 0 Å². The number of likely N-dealkylation sites (tertiary alicyclic amines) is 1. The SMILES string of the molecule is CC(=O)CCCCC[C@H](NC(=O)C1CCN(C)CC1)C1=[N+]C=C(c2cc(-c3ccccc3)no2)N1. The van der Waals surface area contributed by atoms with Gasteiger partial charge in [0.25, 0.3) is 0 Å². The van der Waals surface area contributed by atoms with Crippen molar-refractivity contribution in [2.75, 3.05) is 20.1 Å². The molecule has 8 nitrogen and oxygen atoms in total. The van der Waals surface area contributed by atoms with Crippen LogP contribution in [0, 0.1) is 5.92 Å². The zero-order chi connectivity index (χ0) is 24.6. The van der Waals surface area contributed by atoms with Gasteiger partial charge in [-0.15, -0.1) is 0 Å². The summed E-state index contributed by atoms with van der Waals surface area (Å²) in [5.41, 5.74) is 2.47. The van der Waals surface area contributed by atoms with Crippen LogP contribution in [0.15, 0.2) is 47.1 Å². The van der Waals surface area contributed by atoms with E-state index in [-0.39, 0.29) is 23.7 Å². The molecule has 0 bridgehead atoms. The maximum absolute atomic E-state index is 13.1. The molecule has 1 saturated heterocycles. The highest BCUT2D eigenvalue weighted by atomic mass is 16.5. The molecule has 1 amide bonds. The summed E-state index contributed by atoms with van der Waals surface area (Å²) in [6.07, 6.45) is 7.55. The molecule has 1 atom stereocenters. The number of aliphatic imine (C=N–C) groups is 1. The standard InChI is InChI=1S/C27H35N5O3/c1-19(33)9-5-3-8-12-22(30-27(34)21-13-15-32(2)16-14-21)26-28-18-24(29-26)25-17-23(31-35-25)20-10-6-4-7-11-20/h4,6-7,10-11,17-18,21-22,29H,3,5,8-9,12-16H2,1-2H3,(H,30,34)/q+1/t22-/m0/s1. The number of hydrogen-bond acceptors (Lipinski definition) is 7. The van der Waals surface area contributed by atoms with Gasteiger partial charge in [0.2, 0.25) is 17.4 Å². The molecule has 2 N–H and O–H groups in total. The van der Waals surface area contributed by atoms with Gasteiger partial charge in [-0.05, 0) is 57.7 Å². The van der Waals surface area contributed by atoms with Crippen molar-refractivity contribution in [3.63, 3.8) is 0 Å². The molecule has 1 aromatic carbocycles. The molecule has 2 aromatic rings. The van der Waals surface area contributed by atoms with Crippen molar-refractivity contribution in [1.29, 1.82) is 0 Å². The van der Waals surface area contributed by atoms with Crippen molar-refractivity contribution >= 4 is 23.2 Å². The Morgan fingerprint density at radius 3 is 2.71 bits per heavy atom. The summed E-state index contributed by atoms with van der Waals surface area (Å²) < 4.78 is 5.57. The van der Waals surface area contributed by atoms with Crippen LogP contribution in [0.4, 0.5) is 0 Å². The first-order valence-corrected chi connectivity index (χ1v) is 12.6. The maximum atomic E-state index is 13.1. The number of benzene rings is 1. The Hall–Kier alpha value is -3.26. The number of unbranched alkanes of at least 4 members (excludes halogenated alkanes) is 2. The average Bonchev–Trinajstić information content (AvgIpc) is 3.54. The second-order valence-electron chi connectivity index (χ2n) is 9.56. The van der Waals surface area contributed by atoms with Crippen LogP contribution in [-0.2, 0) is 9.59 Å². The van der Waals surface area contributed by atoms with Crippen LogP contribution in [0.1, 0.15) is 57.6 Å². The number of rotatable bonds is 11. The molecule has 4 rings (SSSR count). The number of aromatic nitrogens is 1. The first-order chi connectivity index (χ1) is 17.0. The molecule has 0 saturated carbocycles. The Morgan fingerprint density at radius 1 is 1.20 bits per heavy atom. The van der Waals surface area contributed by atoms with Crippen molar-refractivity contribution in [2.24, 2.45) is 5.92 Å². The number of amidine groups is 1. The molecule has 1 radical (unpaired) electrons. The topological polar surface area (TPSA) is 102 Å². The van der Waals surface area contributed by atoms with E-state index in [1.165, 1.54) is 0 Å². The van der Waals surface area contributed by atoms with Crippen LogP contribution >= 0.6 is 0 Å². The highest BCUT2D eigenvalue weighted by Crippen LogP contribution is 2.23. The Labute approximate surface area is 206 Å². The molecule has 0 spiro atoms. The van der Waals surface area contributed by atoms with Gasteiger partial charge in [-0.2, -0.15) is 0 Å². The Kier molecular flexibility index (Phi) is 8.47. The summed E-state index contributed by atoms with van der Waals surface area (Å²) in [6.45, 7) is 3.50. The number of Topliss-reactive ketones (excluding diaryl/α,β-unsaturated/α-hetero) is 1. The highest BCUT2D eigenvalue weighted by Gasteiger charge is 2.34. The summed E-state index contributed by atoms with van der Waals surface area (Å²) in [5, 5.41) is 10.8. The predicted octanol–water partition coefficient (Wildman–Crippen LogP) is 3.34. The third-order valence-electron chi connectivity index (χ3n) is 6.70. The van der Waals surface area contributed by atoms with Crippen LogP contribution in [0.5, 0.6) is 0 Å². The van der Waals surface area contributed by atoms with E-state index in [9.17, 15) is 9.59 Å². The molecule has 0 aliphatic carbocycles. The van der Waals surface area contributed by atoms with Crippen LogP contribution in [0.2, 0.25) is 0 Å². The minimum Gasteiger partial charge on any atom is -0.352 e. The Morgan fingerprint density at radius 2 is 1.97 bits per heavy atom. The fourth-order valence-corrected chi connectivity index (χ4v) is 4.52. The Balaban J connectivity index is 1.38. The summed E-state index contributed by atoms with van der Waals surface area (Å²) in [6, 6.07) is 11.5. The van der Waals surface area contributed by atoms with E-state index >= 15 is 0 Å². The van der Waals surface area contributed by atoms with E-state index in [1.54, 1.807) is 13.1 Å². The number of ketones is 1. The number of carbonyl (C=O) groups is 2. The first kappa shape index (κ1) is 24.9. The molecular formula is C27H35N5O3+. The third kappa shape index (κ3) is 6.88. The second kappa shape index (κ2) is 11.9. The predicted molar refractivity (Wildman–Crippen MR) is 136 cm³/mol. The van der Waals surface area contributed by atoms with E-state index in [4.69, 9.17) is 4.52 Å². The minimum atomic E-state index is -0.218. The highest BCUT2D eigenvalue weighted by molar-refractivity contribution is 5.99. The molecule has 3 heterocycles. The van der Waals surface area contributed by atoms with Crippen LogP contribution in [0.25, 0.3) is 17.0 Å². The van der Waals surface area contributed by atoms with Gasteiger partial charge in [-0.3, -0.25) is 4.79 Å².